The molecule has 5 heteroatoms. The van der Waals surface area contributed by atoms with E-state index in [1.54, 1.807) is 0 Å². The van der Waals surface area contributed by atoms with Crippen LogP contribution in [-0.2, 0) is 20.9 Å². The largest absolute Gasteiger partial charge is 0.459 e. The highest BCUT2D eigenvalue weighted by Crippen LogP contribution is 2.35. The van der Waals surface area contributed by atoms with Gasteiger partial charge in [-0.05, 0) is 38.7 Å². The lowest BCUT2D eigenvalue weighted by atomic mass is 9.89. The van der Waals surface area contributed by atoms with Crippen LogP contribution in [-0.4, -0.2) is 34.3 Å². The Morgan fingerprint density at radius 2 is 1.83 bits per heavy atom. The highest BCUT2D eigenvalue weighted by molar-refractivity contribution is 5.87. The molecule has 0 aromatic heterocycles. The number of hydrogen-bond acceptors (Lipinski definition) is 5. The lowest BCUT2D eigenvalue weighted by Gasteiger charge is -2.31. The molecule has 0 spiro atoms. The molecular formula is C24H34N2O3. The molecule has 2 rings (SSSR count). The summed E-state index contributed by atoms with van der Waals surface area (Å²) in [5.74, 6) is -0.488. The molecule has 1 saturated heterocycles. The van der Waals surface area contributed by atoms with Gasteiger partial charge in [-0.25, -0.2) is 0 Å². The van der Waals surface area contributed by atoms with Crippen molar-refractivity contribution in [1.82, 2.24) is 4.90 Å². The van der Waals surface area contributed by atoms with Crippen molar-refractivity contribution in [2.24, 2.45) is 11.8 Å². The van der Waals surface area contributed by atoms with Crippen molar-refractivity contribution in [3.63, 3.8) is 0 Å². The lowest BCUT2D eigenvalue weighted by Crippen LogP contribution is -2.46. The maximum Gasteiger partial charge on any atom is 0.323 e. The predicted molar refractivity (Wildman–Crippen MR) is 113 cm³/mol. The van der Waals surface area contributed by atoms with E-state index in [2.05, 4.69) is 19.9 Å². The molecule has 0 aliphatic carbocycles. The Morgan fingerprint density at radius 1 is 1.21 bits per heavy atom. The Labute approximate surface area is 175 Å². The number of Topliss-reactive ketones (excluding diaryl/α,β-unsaturated/α-hetero) is 1. The van der Waals surface area contributed by atoms with Crippen LogP contribution >= 0.6 is 0 Å². The fourth-order valence-corrected chi connectivity index (χ4v) is 4.05. The average Bonchev–Trinajstić information content (AvgIpc) is 3.04. The summed E-state index contributed by atoms with van der Waals surface area (Å²) in [6.07, 6.45) is 2.64. The smallest absolute Gasteiger partial charge is 0.323 e. The summed E-state index contributed by atoms with van der Waals surface area (Å²) in [6.45, 7) is 10.1. The first-order valence-electron chi connectivity index (χ1n) is 10.6. The molecule has 0 amide bonds. The number of rotatable bonds is 8. The Bertz CT molecular complexity index is 729. The summed E-state index contributed by atoms with van der Waals surface area (Å²) >= 11 is 0. The number of hydrogen-bond donors (Lipinski definition) is 0. The van der Waals surface area contributed by atoms with Gasteiger partial charge in [-0.2, -0.15) is 5.26 Å². The fraction of sp³-hybridized carbons (Fsp3) is 0.625. The summed E-state index contributed by atoms with van der Waals surface area (Å²) < 4.78 is 5.63. The van der Waals surface area contributed by atoms with Gasteiger partial charge in [0.05, 0.1) is 18.0 Å². The van der Waals surface area contributed by atoms with E-state index in [1.165, 1.54) is 0 Å². The Hall–Kier alpha value is -2.19. The molecule has 29 heavy (non-hydrogen) atoms. The van der Waals surface area contributed by atoms with E-state index in [1.807, 2.05) is 56.0 Å². The second kappa shape index (κ2) is 10.0. The first-order valence-corrected chi connectivity index (χ1v) is 10.6. The van der Waals surface area contributed by atoms with Gasteiger partial charge in [0, 0.05) is 13.0 Å². The lowest BCUT2D eigenvalue weighted by molar-refractivity contribution is -0.161. The number of ketones is 1. The van der Waals surface area contributed by atoms with Crippen molar-refractivity contribution in [3.8, 4) is 6.07 Å². The molecule has 3 atom stereocenters. The highest BCUT2D eigenvalue weighted by atomic mass is 16.6. The minimum atomic E-state index is -0.616. The summed E-state index contributed by atoms with van der Waals surface area (Å²) in [7, 11) is 0. The van der Waals surface area contributed by atoms with Crippen LogP contribution in [0.1, 0.15) is 65.9 Å². The quantitative estimate of drug-likeness (QED) is 0.603. The van der Waals surface area contributed by atoms with E-state index in [9.17, 15) is 14.9 Å². The van der Waals surface area contributed by atoms with Crippen LogP contribution in [0.5, 0.6) is 0 Å². The number of likely N-dealkylation sites (tertiary alicyclic amines) is 1. The van der Waals surface area contributed by atoms with Crippen LogP contribution in [0.3, 0.4) is 0 Å². The van der Waals surface area contributed by atoms with Crippen molar-refractivity contribution in [3.05, 3.63) is 35.9 Å². The third-order valence-corrected chi connectivity index (χ3v) is 5.64. The van der Waals surface area contributed by atoms with E-state index in [0.717, 1.165) is 18.4 Å². The zero-order valence-corrected chi connectivity index (χ0v) is 18.4. The molecule has 0 bridgehead atoms. The Balaban J connectivity index is 2.34. The molecule has 1 unspecified atom stereocenters. The van der Waals surface area contributed by atoms with Crippen molar-refractivity contribution in [2.45, 2.75) is 84.5 Å². The normalized spacial score (nSPS) is 22.4. The zero-order chi connectivity index (χ0) is 21.6. The van der Waals surface area contributed by atoms with Crippen molar-refractivity contribution >= 4 is 11.8 Å². The highest BCUT2D eigenvalue weighted by Gasteiger charge is 2.49. The van der Waals surface area contributed by atoms with Gasteiger partial charge >= 0.3 is 5.97 Å². The molecule has 1 heterocycles. The molecule has 1 aliphatic heterocycles. The van der Waals surface area contributed by atoms with E-state index < -0.39 is 23.6 Å². The minimum Gasteiger partial charge on any atom is -0.459 e. The van der Waals surface area contributed by atoms with Crippen LogP contribution < -0.4 is 0 Å². The third kappa shape index (κ3) is 6.14. The van der Waals surface area contributed by atoms with Gasteiger partial charge in [0.2, 0.25) is 0 Å². The van der Waals surface area contributed by atoms with Crippen molar-refractivity contribution in [1.29, 1.82) is 5.26 Å². The van der Waals surface area contributed by atoms with Crippen LogP contribution in [0.4, 0.5) is 0 Å². The zero-order valence-electron chi connectivity index (χ0n) is 18.4. The first kappa shape index (κ1) is 23.1. The average molecular weight is 399 g/mol. The Morgan fingerprint density at radius 3 is 2.34 bits per heavy atom. The van der Waals surface area contributed by atoms with Gasteiger partial charge in [-0.15, -0.1) is 0 Å². The molecule has 1 aliphatic rings. The second-order valence-corrected chi connectivity index (χ2v) is 8.98. The number of carbonyl (C=O) groups is 2. The molecule has 5 nitrogen and oxygen atoms in total. The molecule has 0 saturated carbocycles. The van der Waals surface area contributed by atoms with Crippen LogP contribution in [0.2, 0.25) is 0 Å². The van der Waals surface area contributed by atoms with Crippen LogP contribution in [0.15, 0.2) is 30.3 Å². The van der Waals surface area contributed by atoms with Crippen molar-refractivity contribution < 1.29 is 14.3 Å². The monoisotopic (exact) mass is 398 g/mol. The molecular weight excluding hydrogens is 364 g/mol. The maximum absolute atomic E-state index is 13.3. The van der Waals surface area contributed by atoms with E-state index in [-0.39, 0.29) is 11.8 Å². The SMILES string of the molecule is CCC(CC)CC(=O)[C@H]1[C@H](C#N)CC(C(=O)OC(C)(C)C)N1Cc1ccccc1. The van der Waals surface area contributed by atoms with E-state index in [4.69, 9.17) is 4.74 Å². The molecule has 1 aromatic carbocycles. The number of nitrogens with zero attached hydrogens (tertiary/aromatic N) is 2. The topological polar surface area (TPSA) is 70.4 Å². The van der Waals surface area contributed by atoms with Gasteiger partial charge in [-0.1, -0.05) is 57.0 Å². The third-order valence-electron chi connectivity index (χ3n) is 5.64. The van der Waals surface area contributed by atoms with E-state index in [0.29, 0.717) is 25.3 Å². The maximum atomic E-state index is 13.3. The van der Waals surface area contributed by atoms with Gasteiger partial charge in [-0.3, -0.25) is 14.5 Å². The Kier molecular flexibility index (Phi) is 7.98. The second-order valence-electron chi connectivity index (χ2n) is 8.98. The summed E-state index contributed by atoms with van der Waals surface area (Å²) in [6, 6.07) is 10.9. The summed E-state index contributed by atoms with van der Waals surface area (Å²) in [5.41, 5.74) is 0.398. The molecule has 1 fully saturated rings. The van der Waals surface area contributed by atoms with Gasteiger partial charge in [0.1, 0.15) is 11.6 Å². The van der Waals surface area contributed by atoms with Crippen LogP contribution in [0, 0.1) is 23.2 Å². The fourth-order valence-electron chi connectivity index (χ4n) is 4.05. The standard InChI is InChI=1S/C24H34N2O3/c1-6-17(7-2)13-21(27)22-19(15-25)14-20(23(28)29-24(3,4)5)26(22)16-18-11-9-8-10-12-18/h8-12,17,19-20,22H,6-7,13-14,16H2,1-5H3/t19-,20?,22+/m0/s1. The number of benzene rings is 1. The number of nitriles is 1. The summed E-state index contributed by atoms with van der Waals surface area (Å²) in [4.78, 5) is 28.1. The number of esters is 1. The molecule has 1 aromatic rings. The minimum absolute atomic E-state index is 0.0623. The summed E-state index contributed by atoms with van der Waals surface area (Å²) in [5, 5.41) is 9.77. The van der Waals surface area contributed by atoms with Gasteiger partial charge in [0.15, 0.2) is 5.78 Å². The molecule has 0 radical (unpaired) electrons. The van der Waals surface area contributed by atoms with Crippen LogP contribution in [0.25, 0.3) is 0 Å². The molecule has 0 N–H and O–H groups in total. The van der Waals surface area contributed by atoms with Gasteiger partial charge in [0.25, 0.3) is 0 Å². The number of ether oxygens (including phenoxy) is 1. The molecule has 158 valence electrons. The van der Waals surface area contributed by atoms with Crippen molar-refractivity contribution in [2.75, 3.05) is 0 Å². The van der Waals surface area contributed by atoms with Gasteiger partial charge < -0.3 is 4.74 Å². The van der Waals surface area contributed by atoms with E-state index >= 15 is 0 Å². The first-order chi connectivity index (χ1) is 13.7. The predicted octanol–water partition coefficient (Wildman–Crippen LogP) is 4.51. The number of carbonyl (C=O) groups excluding carboxylic acids is 2.